The minimum atomic E-state index is -0.0259. The molecule has 41 heavy (non-hydrogen) atoms. The monoisotopic (exact) mass is 530 g/mol. The van der Waals surface area contributed by atoms with Crippen molar-refractivity contribution in [1.82, 2.24) is 4.58 Å². The highest BCUT2D eigenvalue weighted by Gasteiger charge is 2.37. The fourth-order valence-corrected chi connectivity index (χ4v) is 6.42. The summed E-state index contributed by atoms with van der Waals surface area (Å²) >= 11 is 0. The maximum Gasteiger partial charge on any atom is 0.211 e. The van der Waals surface area contributed by atoms with E-state index in [-0.39, 0.29) is 5.41 Å². The summed E-state index contributed by atoms with van der Waals surface area (Å²) in [6.45, 7) is 6.78. The lowest BCUT2D eigenvalue weighted by Crippen LogP contribution is -2.14. The maximum absolute atomic E-state index is 6.32. The van der Waals surface area contributed by atoms with Gasteiger partial charge in [-0.05, 0) is 53.0 Å². The molecule has 0 amide bonds. The average molecular weight is 531 g/mol. The molecular weight excluding hydrogens is 498 g/mol. The van der Waals surface area contributed by atoms with Crippen molar-refractivity contribution < 1.29 is 4.42 Å². The standard InChI is InChI=1S/C39H32NO/c1-4-35-32(31-15-8-10-19-36(31)39(35,2)3)25-26-40(28-13-6-5-7-14-28)29-23-21-27(22-24-29)30-17-12-18-34-33-16-9-11-20-37(33)41-38(30)34/h4-26H,1-3H3/q+1/b32-25-,35-4+,40-26?. The van der Waals surface area contributed by atoms with Gasteiger partial charge in [0.1, 0.15) is 11.2 Å². The summed E-state index contributed by atoms with van der Waals surface area (Å²) in [5, 5.41) is 2.30. The second-order valence-electron chi connectivity index (χ2n) is 11.1. The van der Waals surface area contributed by atoms with Crippen LogP contribution < -0.4 is 4.58 Å². The zero-order chi connectivity index (χ0) is 28.0. The average Bonchev–Trinajstić information content (AvgIpc) is 3.50. The molecule has 0 unspecified atom stereocenters. The Hall–Kier alpha value is -4.95. The summed E-state index contributed by atoms with van der Waals surface area (Å²) in [5.74, 6) is 0. The van der Waals surface area contributed by atoms with Crippen molar-refractivity contribution in [3.63, 3.8) is 0 Å². The molecule has 6 aromatic rings. The van der Waals surface area contributed by atoms with Gasteiger partial charge in [0.15, 0.2) is 6.21 Å². The number of furan rings is 1. The highest BCUT2D eigenvalue weighted by atomic mass is 16.3. The Morgan fingerprint density at radius 2 is 1.29 bits per heavy atom. The van der Waals surface area contributed by atoms with Crippen LogP contribution in [-0.2, 0) is 5.41 Å². The summed E-state index contributed by atoms with van der Waals surface area (Å²) in [4.78, 5) is 0. The molecule has 1 aliphatic rings. The third-order valence-electron chi connectivity index (χ3n) is 8.43. The van der Waals surface area contributed by atoms with Crippen LogP contribution in [0.5, 0.6) is 0 Å². The van der Waals surface area contributed by atoms with Crippen LogP contribution in [0.15, 0.2) is 143 Å². The highest BCUT2D eigenvalue weighted by Crippen LogP contribution is 2.49. The van der Waals surface area contributed by atoms with Gasteiger partial charge in [-0.25, -0.2) is 0 Å². The van der Waals surface area contributed by atoms with Crippen LogP contribution in [0.2, 0.25) is 0 Å². The molecule has 7 rings (SSSR count). The van der Waals surface area contributed by atoms with Gasteiger partial charge in [0.05, 0.1) is 0 Å². The first-order valence-electron chi connectivity index (χ1n) is 14.2. The predicted molar refractivity (Wildman–Crippen MR) is 174 cm³/mol. The second-order valence-corrected chi connectivity index (χ2v) is 11.1. The largest absolute Gasteiger partial charge is 0.455 e. The van der Waals surface area contributed by atoms with E-state index < -0.39 is 0 Å². The summed E-state index contributed by atoms with van der Waals surface area (Å²) in [6.07, 6.45) is 6.75. The van der Waals surface area contributed by atoms with Gasteiger partial charge in [-0.3, -0.25) is 0 Å². The van der Waals surface area contributed by atoms with Crippen molar-refractivity contribution in [2.45, 2.75) is 26.2 Å². The number of allylic oxidation sites excluding steroid dienone is 4. The molecule has 2 heteroatoms. The van der Waals surface area contributed by atoms with Gasteiger partial charge in [0.25, 0.3) is 0 Å². The molecule has 0 saturated heterocycles. The van der Waals surface area contributed by atoms with E-state index >= 15 is 0 Å². The first-order chi connectivity index (χ1) is 20.1. The number of fused-ring (bicyclic) bond motifs is 4. The molecular formula is C39H32NO+. The molecule has 2 nitrogen and oxygen atoms in total. The Bertz CT molecular complexity index is 2000. The smallest absolute Gasteiger partial charge is 0.211 e. The molecule has 0 atom stereocenters. The molecule has 0 N–H and O–H groups in total. The van der Waals surface area contributed by atoms with E-state index in [9.17, 15) is 0 Å². The molecule has 1 aliphatic carbocycles. The van der Waals surface area contributed by atoms with E-state index in [0.29, 0.717) is 0 Å². The molecule has 198 valence electrons. The third kappa shape index (κ3) is 4.15. The summed E-state index contributed by atoms with van der Waals surface area (Å²) in [7, 11) is 0. The predicted octanol–water partition coefficient (Wildman–Crippen LogP) is 10.5. The maximum atomic E-state index is 6.32. The zero-order valence-corrected chi connectivity index (χ0v) is 23.6. The van der Waals surface area contributed by atoms with Crippen LogP contribution in [0.3, 0.4) is 0 Å². The van der Waals surface area contributed by atoms with Crippen LogP contribution in [0.1, 0.15) is 31.9 Å². The van der Waals surface area contributed by atoms with Gasteiger partial charge in [0, 0.05) is 52.1 Å². The summed E-state index contributed by atoms with van der Waals surface area (Å²) in [6, 6.07) is 42.7. The van der Waals surface area contributed by atoms with Crippen LogP contribution in [-0.4, -0.2) is 6.21 Å². The molecule has 1 aromatic heterocycles. The van der Waals surface area contributed by atoms with Gasteiger partial charge in [-0.15, -0.1) is 0 Å². The van der Waals surface area contributed by atoms with Crippen molar-refractivity contribution in [2.24, 2.45) is 0 Å². The van der Waals surface area contributed by atoms with Gasteiger partial charge in [-0.1, -0.05) is 98.8 Å². The van der Waals surface area contributed by atoms with E-state index in [1.807, 2.05) is 12.1 Å². The quantitative estimate of drug-likeness (QED) is 0.164. The Morgan fingerprint density at radius 3 is 2.10 bits per heavy atom. The molecule has 0 fully saturated rings. The third-order valence-corrected chi connectivity index (χ3v) is 8.43. The van der Waals surface area contributed by atoms with Crippen LogP contribution in [0.4, 0.5) is 11.4 Å². The lowest BCUT2D eigenvalue weighted by Gasteiger charge is -2.21. The first-order valence-corrected chi connectivity index (χ1v) is 14.2. The summed E-state index contributed by atoms with van der Waals surface area (Å²) < 4.78 is 8.58. The summed E-state index contributed by atoms with van der Waals surface area (Å²) in [5.41, 5.74) is 11.6. The molecule has 0 spiro atoms. The van der Waals surface area contributed by atoms with Crippen molar-refractivity contribution in [3.05, 3.63) is 150 Å². The lowest BCUT2D eigenvalue weighted by atomic mass is 9.82. The number of benzene rings is 5. The van der Waals surface area contributed by atoms with E-state index in [0.717, 1.165) is 44.4 Å². The lowest BCUT2D eigenvalue weighted by molar-refractivity contribution is 0.659. The van der Waals surface area contributed by atoms with E-state index in [4.69, 9.17) is 4.42 Å². The van der Waals surface area contributed by atoms with Crippen molar-refractivity contribution in [2.75, 3.05) is 0 Å². The van der Waals surface area contributed by atoms with Gasteiger partial charge < -0.3 is 4.42 Å². The minimum Gasteiger partial charge on any atom is -0.455 e. The number of para-hydroxylation sites is 3. The van der Waals surface area contributed by atoms with Crippen molar-refractivity contribution in [1.29, 1.82) is 0 Å². The number of nitrogens with zero attached hydrogens (tertiary/aromatic N) is 1. The Balaban J connectivity index is 1.34. The normalized spacial score (nSPS) is 16.6. The molecule has 1 heterocycles. The fourth-order valence-electron chi connectivity index (χ4n) is 6.42. The van der Waals surface area contributed by atoms with Crippen LogP contribution in [0.25, 0.3) is 38.6 Å². The Kier molecular flexibility index (Phi) is 6.05. The molecule has 0 aliphatic heterocycles. The number of hydrogen-bond donors (Lipinski definition) is 0. The first kappa shape index (κ1) is 25.0. The van der Waals surface area contributed by atoms with Crippen LogP contribution in [0, 0.1) is 0 Å². The minimum absolute atomic E-state index is 0.0259. The van der Waals surface area contributed by atoms with E-state index in [1.54, 1.807) is 0 Å². The molecule has 0 saturated carbocycles. The SMILES string of the molecule is C/C=C1\C(=C/C=[N+](c2ccccc2)c2ccc(-c3cccc4c3oc3ccccc34)cc2)c2ccccc2C1(C)C. The number of rotatable bonds is 4. The Morgan fingerprint density at radius 1 is 0.634 bits per heavy atom. The highest BCUT2D eigenvalue weighted by molar-refractivity contribution is 6.09. The number of hydrogen-bond acceptors (Lipinski definition) is 1. The van der Waals surface area contributed by atoms with Gasteiger partial charge in [0.2, 0.25) is 11.4 Å². The topological polar surface area (TPSA) is 16.1 Å². The van der Waals surface area contributed by atoms with E-state index in [1.165, 1.54) is 22.3 Å². The zero-order valence-electron chi connectivity index (χ0n) is 23.6. The molecule has 0 bridgehead atoms. The molecule has 0 radical (unpaired) electrons. The van der Waals surface area contributed by atoms with Gasteiger partial charge >= 0.3 is 0 Å². The van der Waals surface area contributed by atoms with Gasteiger partial charge in [-0.2, -0.15) is 4.58 Å². The second kappa shape index (κ2) is 9.91. The molecule has 5 aromatic carbocycles. The van der Waals surface area contributed by atoms with Crippen LogP contribution >= 0.6 is 0 Å². The fraction of sp³-hybridized carbons (Fsp3) is 0.103. The van der Waals surface area contributed by atoms with Crippen molar-refractivity contribution >= 4 is 45.1 Å². The van der Waals surface area contributed by atoms with Crippen molar-refractivity contribution in [3.8, 4) is 11.1 Å². The van der Waals surface area contributed by atoms with E-state index in [2.05, 4.69) is 153 Å². The Labute approximate surface area is 241 Å².